The molecule has 1 aliphatic carbocycles. The maximum atomic E-state index is 5.70. The average Bonchev–Trinajstić information content (AvgIpc) is 2.75. The quantitative estimate of drug-likeness (QED) is 0.858. The Balaban J connectivity index is 1.87. The molecular weight excluding hydrogens is 256 g/mol. The van der Waals surface area contributed by atoms with E-state index in [9.17, 15) is 0 Å². The molecule has 0 radical (unpaired) electrons. The molecule has 1 saturated carbocycles. The van der Waals surface area contributed by atoms with Crippen LogP contribution in [0.4, 0.5) is 0 Å². The second kappa shape index (κ2) is 6.04. The highest BCUT2D eigenvalue weighted by Gasteiger charge is 2.39. The van der Waals surface area contributed by atoms with Gasteiger partial charge in [0.2, 0.25) is 0 Å². The van der Waals surface area contributed by atoms with Crippen LogP contribution in [0.5, 0.6) is 0 Å². The third-order valence-corrected chi connectivity index (χ3v) is 5.43. The molecule has 1 aliphatic heterocycles. The fourth-order valence-electron chi connectivity index (χ4n) is 2.87. The second-order valence-electron chi connectivity index (χ2n) is 6.69. The van der Waals surface area contributed by atoms with Gasteiger partial charge in [-0.1, -0.05) is 18.7 Å². The lowest BCUT2D eigenvalue weighted by Crippen LogP contribution is -2.46. The van der Waals surface area contributed by atoms with Gasteiger partial charge >= 0.3 is 0 Å². The second-order valence-corrected chi connectivity index (χ2v) is 7.65. The lowest BCUT2D eigenvalue weighted by molar-refractivity contribution is -0.00210. The Morgan fingerprint density at radius 2 is 2.11 bits per heavy atom. The molecule has 1 N–H and O–H groups in total. The molecule has 3 nitrogen and oxygen atoms in total. The minimum Gasteiger partial charge on any atom is -0.374 e. The Morgan fingerprint density at radius 1 is 1.42 bits per heavy atom. The van der Waals surface area contributed by atoms with Crippen LogP contribution in [0.3, 0.4) is 0 Å². The summed E-state index contributed by atoms with van der Waals surface area (Å²) in [7, 11) is 0. The van der Waals surface area contributed by atoms with E-state index < -0.39 is 0 Å². The Kier molecular flexibility index (Phi) is 4.83. The van der Waals surface area contributed by atoms with Crippen molar-refractivity contribution in [2.75, 3.05) is 18.9 Å². The molecule has 2 aliphatic rings. The summed E-state index contributed by atoms with van der Waals surface area (Å²) in [6, 6.07) is 0. The SMILES string of the molecule is CCOC(C)(C)CN=C1NC2(CCC(C)CC2)CS1. The van der Waals surface area contributed by atoms with Gasteiger partial charge < -0.3 is 10.1 Å². The molecule has 0 aromatic heterocycles. The van der Waals surface area contributed by atoms with Crippen LogP contribution in [0.15, 0.2) is 4.99 Å². The predicted molar refractivity (Wildman–Crippen MR) is 84.0 cm³/mol. The molecule has 0 aromatic carbocycles. The minimum absolute atomic E-state index is 0.152. The van der Waals surface area contributed by atoms with Crippen molar-refractivity contribution in [2.45, 2.75) is 64.5 Å². The molecule has 4 heteroatoms. The summed E-state index contributed by atoms with van der Waals surface area (Å²) >= 11 is 1.89. The van der Waals surface area contributed by atoms with Crippen molar-refractivity contribution >= 4 is 16.9 Å². The largest absolute Gasteiger partial charge is 0.374 e. The van der Waals surface area contributed by atoms with Crippen LogP contribution < -0.4 is 5.32 Å². The average molecular weight is 284 g/mol. The van der Waals surface area contributed by atoms with Crippen molar-refractivity contribution in [1.82, 2.24) is 5.32 Å². The number of ether oxygens (including phenoxy) is 1. The Labute approximate surface area is 122 Å². The third kappa shape index (κ3) is 4.12. The number of nitrogens with zero attached hydrogens (tertiary/aromatic N) is 1. The Bertz CT molecular complexity index is 333. The van der Waals surface area contributed by atoms with E-state index in [4.69, 9.17) is 9.73 Å². The van der Waals surface area contributed by atoms with Gasteiger partial charge in [-0.05, 0) is 52.4 Å². The monoisotopic (exact) mass is 284 g/mol. The van der Waals surface area contributed by atoms with Gasteiger partial charge in [0, 0.05) is 17.9 Å². The zero-order valence-electron chi connectivity index (χ0n) is 12.8. The summed E-state index contributed by atoms with van der Waals surface area (Å²) in [4.78, 5) is 4.73. The summed E-state index contributed by atoms with van der Waals surface area (Å²) in [6.07, 6.45) is 5.31. The number of hydrogen-bond acceptors (Lipinski definition) is 3. The number of rotatable bonds is 4. The van der Waals surface area contributed by atoms with E-state index in [2.05, 4.69) is 26.1 Å². The summed E-state index contributed by atoms with van der Waals surface area (Å²) in [5.41, 5.74) is 0.187. The highest BCUT2D eigenvalue weighted by molar-refractivity contribution is 8.14. The highest BCUT2D eigenvalue weighted by atomic mass is 32.2. The predicted octanol–water partition coefficient (Wildman–Crippen LogP) is 3.44. The van der Waals surface area contributed by atoms with E-state index in [-0.39, 0.29) is 5.60 Å². The number of hydrogen-bond donors (Lipinski definition) is 1. The summed E-state index contributed by atoms with van der Waals surface area (Å²) in [6.45, 7) is 10.1. The van der Waals surface area contributed by atoms with Crippen molar-refractivity contribution < 1.29 is 4.74 Å². The van der Waals surface area contributed by atoms with Crippen LogP contribution in [0.2, 0.25) is 0 Å². The molecule has 1 saturated heterocycles. The molecule has 19 heavy (non-hydrogen) atoms. The third-order valence-electron chi connectivity index (χ3n) is 4.23. The van der Waals surface area contributed by atoms with Crippen LogP contribution in [0.25, 0.3) is 0 Å². The molecule has 2 fully saturated rings. The Hall–Kier alpha value is -0.220. The zero-order valence-corrected chi connectivity index (χ0v) is 13.6. The first kappa shape index (κ1) is 15.2. The lowest BCUT2D eigenvalue weighted by atomic mass is 9.78. The fourth-order valence-corrected chi connectivity index (χ4v) is 4.09. The van der Waals surface area contributed by atoms with E-state index >= 15 is 0 Å². The number of nitrogens with one attached hydrogen (secondary N) is 1. The number of aliphatic imine (C=N–C) groups is 1. The first-order valence-electron chi connectivity index (χ1n) is 7.54. The number of thioether (sulfide) groups is 1. The van der Waals surface area contributed by atoms with Crippen LogP contribution in [-0.4, -0.2) is 35.2 Å². The van der Waals surface area contributed by atoms with Crippen molar-refractivity contribution in [3.63, 3.8) is 0 Å². The smallest absolute Gasteiger partial charge is 0.157 e. The topological polar surface area (TPSA) is 33.6 Å². The summed E-state index contributed by atoms with van der Waals surface area (Å²) in [5.74, 6) is 2.09. The number of amidine groups is 1. The van der Waals surface area contributed by atoms with Gasteiger partial charge in [0.1, 0.15) is 0 Å². The minimum atomic E-state index is -0.152. The zero-order chi connectivity index (χ0) is 13.9. The normalized spacial score (nSPS) is 33.9. The van der Waals surface area contributed by atoms with Gasteiger partial charge in [0.15, 0.2) is 5.17 Å². The van der Waals surface area contributed by atoms with Crippen LogP contribution in [0.1, 0.15) is 53.4 Å². The van der Waals surface area contributed by atoms with Gasteiger partial charge in [-0.2, -0.15) is 0 Å². The molecule has 0 atom stereocenters. The van der Waals surface area contributed by atoms with Crippen LogP contribution >= 0.6 is 11.8 Å². The van der Waals surface area contributed by atoms with Gasteiger partial charge in [-0.3, -0.25) is 4.99 Å². The molecule has 0 bridgehead atoms. The van der Waals surface area contributed by atoms with Crippen LogP contribution in [0, 0.1) is 5.92 Å². The van der Waals surface area contributed by atoms with Crippen molar-refractivity contribution in [2.24, 2.45) is 10.9 Å². The maximum Gasteiger partial charge on any atom is 0.157 e. The molecule has 2 rings (SSSR count). The van der Waals surface area contributed by atoms with Gasteiger partial charge in [-0.25, -0.2) is 0 Å². The lowest BCUT2D eigenvalue weighted by Gasteiger charge is -2.35. The van der Waals surface area contributed by atoms with Crippen molar-refractivity contribution in [3.05, 3.63) is 0 Å². The van der Waals surface area contributed by atoms with E-state index in [1.165, 1.54) is 31.4 Å². The first-order chi connectivity index (χ1) is 8.95. The van der Waals surface area contributed by atoms with E-state index in [0.29, 0.717) is 5.54 Å². The van der Waals surface area contributed by atoms with Gasteiger partial charge in [0.05, 0.1) is 12.1 Å². The molecule has 110 valence electrons. The fraction of sp³-hybridized carbons (Fsp3) is 0.933. The van der Waals surface area contributed by atoms with E-state index in [1.807, 2.05) is 18.7 Å². The molecule has 0 unspecified atom stereocenters. The highest BCUT2D eigenvalue weighted by Crippen LogP contribution is 2.38. The van der Waals surface area contributed by atoms with E-state index in [1.54, 1.807) is 0 Å². The molecule has 1 heterocycles. The first-order valence-corrected chi connectivity index (χ1v) is 8.53. The maximum absolute atomic E-state index is 5.70. The van der Waals surface area contributed by atoms with Gasteiger partial charge in [0.25, 0.3) is 0 Å². The summed E-state index contributed by atoms with van der Waals surface area (Å²) < 4.78 is 5.70. The summed E-state index contributed by atoms with van der Waals surface area (Å²) in [5, 5.41) is 4.83. The van der Waals surface area contributed by atoms with E-state index in [0.717, 1.165) is 24.2 Å². The molecule has 1 spiro atoms. The Morgan fingerprint density at radius 3 is 2.74 bits per heavy atom. The standard InChI is InChI=1S/C15H28N2OS/c1-5-18-14(3,4)10-16-13-17-15(11-19-13)8-6-12(2)7-9-15/h12H,5-11H2,1-4H3,(H,16,17). The van der Waals surface area contributed by atoms with Crippen LogP contribution in [-0.2, 0) is 4.74 Å². The molecule has 0 amide bonds. The van der Waals surface area contributed by atoms with Gasteiger partial charge in [-0.15, -0.1) is 0 Å². The molecular formula is C15H28N2OS. The van der Waals surface area contributed by atoms with Crippen molar-refractivity contribution in [1.29, 1.82) is 0 Å². The van der Waals surface area contributed by atoms with Crippen molar-refractivity contribution in [3.8, 4) is 0 Å². The molecule has 0 aromatic rings.